The third kappa shape index (κ3) is 5.73. The molecule has 1 heterocycles. The highest BCUT2D eigenvalue weighted by Crippen LogP contribution is 2.25. The van der Waals surface area contributed by atoms with Crippen molar-refractivity contribution in [3.8, 4) is 34.6 Å². The maximum Gasteiger partial charge on any atom is 0.303 e. The van der Waals surface area contributed by atoms with Crippen LogP contribution in [0.15, 0.2) is 77.6 Å². The number of nitriles is 1. The Hall–Kier alpha value is -4.37. The van der Waals surface area contributed by atoms with E-state index >= 15 is 0 Å². The van der Waals surface area contributed by atoms with Crippen molar-refractivity contribution in [1.82, 2.24) is 9.55 Å². The van der Waals surface area contributed by atoms with Crippen LogP contribution in [-0.2, 0) is 12.8 Å². The predicted octanol–water partition coefficient (Wildman–Crippen LogP) is 6.11. The molecule has 0 aliphatic heterocycles. The van der Waals surface area contributed by atoms with Gasteiger partial charge in [0.2, 0.25) is 0 Å². The number of ether oxygens (including phenoxy) is 2. The summed E-state index contributed by atoms with van der Waals surface area (Å²) < 4.78 is 12.8. The van der Waals surface area contributed by atoms with Crippen LogP contribution in [0.4, 0.5) is 0 Å². The molecule has 0 saturated carbocycles. The van der Waals surface area contributed by atoms with Gasteiger partial charge in [-0.1, -0.05) is 55.8 Å². The van der Waals surface area contributed by atoms with Gasteiger partial charge < -0.3 is 9.47 Å². The summed E-state index contributed by atoms with van der Waals surface area (Å²) in [6.45, 7) is 6.01. The van der Waals surface area contributed by atoms with Gasteiger partial charge in [0.05, 0.1) is 36.2 Å². The largest absolute Gasteiger partial charge is 0.491 e. The molecule has 0 aliphatic rings. The maximum atomic E-state index is 13.9. The third-order valence-corrected chi connectivity index (χ3v) is 6.06. The van der Waals surface area contributed by atoms with Crippen molar-refractivity contribution in [1.29, 1.82) is 5.26 Å². The van der Waals surface area contributed by atoms with Gasteiger partial charge >= 0.3 is 6.01 Å². The van der Waals surface area contributed by atoms with Gasteiger partial charge in [0.1, 0.15) is 5.75 Å². The average Bonchev–Trinajstić information content (AvgIpc) is 2.91. The van der Waals surface area contributed by atoms with Crippen molar-refractivity contribution >= 4 is 0 Å². The minimum Gasteiger partial charge on any atom is -0.491 e. The first-order valence-electron chi connectivity index (χ1n) is 12.5. The molecule has 0 amide bonds. The van der Waals surface area contributed by atoms with Crippen LogP contribution in [0, 0.1) is 11.3 Å². The van der Waals surface area contributed by atoms with Crippen LogP contribution < -0.4 is 15.0 Å². The molecule has 0 fully saturated rings. The molecule has 1 aromatic heterocycles. The van der Waals surface area contributed by atoms with Gasteiger partial charge in [0.25, 0.3) is 5.56 Å². The summed E-state index contributed by atoms with van der Waals surface area (Å²) in [5.74, 6) is 0.736. The van der Waals surface area contributed by atoms with Gasteiger partial charge in [-0.15, -0.1) is 0 Å². The number of aromatic nitrogens is 2. The number of rotatable bonds is 9. The van der Waals surface area contributed by atoms with Crippen LogP contribution in [0.2, 0.25) is 0 Å². The molecular formula is C31H31N3O3. The fourth-order valence-corrected chi connectivity index (χ4v) is 4.35. The van der Waals surface area contributed by atoms with Crippen molar-refractivity contribution in [3.63, 3.8) is 0 Å². The Balaban J connectivity index is 1.73. The lowest BCUT2D eigenvalue weighted by molar-refractivity contribution is 0.242. The highest BCUT2D eigenvalue weighted by atomic mass is 16.5. The van der Waals surface area contributed by atoms with E-state index in [0.717, 1.165) is 34.6 Å². The normalized spacial score (nSPS) is 10.8. The molecule has 0 saturated heterocycles. The fourth-order valence-electron chi connectivity index (χ4n) is 4.35. The molecule has 0 N–H and O–H groups in total. The van der Waals surface area contributed by atoms with Crippen LogP contribution in [0.3, 0.4) is 0 Å². The summed E-state index contributed by atoms with van der Waals surface area (Å²) in [6.07, 6.45) is 2.04. The second kappa shape index (κ2) is 11.6. The molecule has 0 aliphatic carbocycles. The van der Waals surface area contributed by atoms with Crippen LogP contribution in [0.5, 0.6) is 11.8 Å². The van der Waals surface area contributed by atoms with E-state index in [1.165, 1.54) is 11.7 Å². The first kappa shape index (κ1) is 25.7. The quantitative estimate of drug-likeness (QED) is 0.281. The molecule has 6 nitrogen and oxygen atoms in total. The van der Waals surface area contributed by atoms with Gasteiger partial charge in [0, 0.05) is 12.0 Å². The summed E-state index contributed by atoms with van der Waals surface area (Å²) in [5, 5.41) is 9.45. The van der Waals surface area contributed by atoms with E-state index in [1.807, 2.05) is 86.6 Å². The van der Waals surface area contributed by atoms with Crippen LogP contribution in [0.25, 0.3) is 16.8 Å². The Morgan fingerprint density at radius 3 is 2.32 bits per heavy atom. The Kier molecular flexibility index (Phi) is 8.05. The van der Waals surface area contributed by atoms with Gasteiger partial charge in [-0.25, -0.2) is 9.55 Å². The van der Waals surface area contributed by atoms with Gasteiger partial charge in [-0.05, 0) is 67.3 Å². The zero-order valence-electron chi connectivity index (χ0n) is 21.7. The van der Waals surface area contributed by atoms with Crippen molar-refractivity contribution in [2.24, 2.45) is 0 Å². The number of methoxy groups -OCH3 is 1. The standard InChI is InChI=1S/C31H31N3O3/c1-5-8-29-28(19-22-11-13-23(14-12-22)27-10-7-6-9-24(27)20-32)30(35)34(31(33-29)36-4)25-15-17-26(18-16-25)37-21(2)3/h6-7,9-18,21H,5,8,19H2,1-4H3. The van der Waals surface area contributed by atoms with Gasteiger partial charge in [0.15, 0.2) is 0 Å². The zero-order valence-corrected chi connectivity index (χ0v) is 21.7. The van der Waals surface area contributed by atoms with E-state index < -0.39 is 0 Å². The molecule has 0 spiro atoms. The highest BCUT2D eigenvalue weighted by Gasteiger charge is 2.19. The minimum absolute atomic E-state index is 0.0597. The topological polar surface area (TPSA) is 77.1 Å². The lowest BCUT2D eigenvalue weighted by Crippen LogP contribution is -2.27. The zero-order chi connectivity index (χ0) is 26.4. The summed E-state index contributed by atoms with van der Waals surface area (Å²) in [5.41, 5.74) is 5.39. The van der Waals surface area contributed by atoms with Gasteiger partial charge in [-0.3, -0.25) is 4.79 Å². The summed E-state index contributed by atoms with van der Waals surface area (Å²) in [4.78, 5) is 18.6. The van der Waals surface area contributed by atoms with Gasteiger partial charge in [-0.2, -0.15) is 5.26 Å². The molecule has 3 aromatic carbocycles. The minimum atomic E-state index is -0.147. The molecule has 0 bridgehead atoms. The van der Waals surface area contributed by atoms with Crippen molar-refractivity contribution in [2.45, 2.75) is 46.1 Å². The second-order valence-corrected chi connectivity index (χ2v) is 9.11. The first-order valence-corrected chi connectivity index (χ1v) is 12.5. The van der Waals surface area contributed by atoms with Crippen molar-refractivity contribution in [2.75, 3.05) is 7.11 Å². The van der Waals surface area contributed by atoms with E-state index in [2.05, 4.69) is 13.0 Å². The molecule has 37 heavy (non-hydrogen) atoms. The molecule has 4 rings (SSSR count). The number of aryl methyl sites for hydroxylation is 1. The Labute approximate surface area is 217 Å². The fraction of sp³-hybridized carbons (Fsp3) is 0.258. The first-order chi connectivity index (χ1) is 17.9. The lowest BCUT2D eigenvalue weighted by Gasteiger charge is -2.17. The summed E-state index contributed by atoms with van der Waals surface area (Å²) >= 11 is 0. The van der Waals surface area contributed by atoms with E-state index in [1.54, 1.807) is 0 Å². The Bertz CT molecular complexity index is 1460. The van der Waals surface area contributed by atoms with Crippen LogP contribution >= 0.6 is 0 Å². The average molecular weight is 494 g/mol. The third-order valence-electron chi connectivity index (χ3n) is 6.06. The summed E-state index contributed by atoms with van der Waals surface area (Å²) in [6, 6.07) is 25.4. The smallest absolute Gasteiger partial charge is 0.303 e. The number of benzene rings is 3. The Morgan fingerprint density at radius 1 is 1.00 bits per heavy atom. The number of hydrogen-bond donors (Lipinski definition) is 0. The Morgan fingerprint density at radius 2 is 1.70 bits per heavy atom. The molecule has 0 unspecified atom stereocenters. The second-order valence-electron chi connectivity index (χ2n) is 9.11. The molecule has 6 heteroatoms. The van der Waals surface area contributed by atoms with E-state index in [0.29, 0.717) is 29.7 Å². The van der Waals surface area contributed by atoms with Crippen molar-refractivity contribution in [3.05, 3.63) is 106 Å². The SMILES string of the molecule is CCCc1nc(OC)n(-c2ccc(OC(C)C)cc2)c(=O)c1Cc1ccc(-c2ccccc2C#N)cc1. The van der Waals surface area contributed by atoms with E-state index in [4.69, 9.17) is 14.5 Å². The molecule has 4 aromatic rings. The predicted molar refractivity (Wildman–Crippen MR) is 146 cm³/mol. The molecule has 0 atom stereocenters. The maximum absolute atomic E-state index is 13.9. The number of nitrogens with zero attached hydrogens (tertiary/aromatic N) is 3. The lowest BCUT2D eigenvalue weighted by atomic mass is 9.97. The number of hydrogen-bond acceptors (Lipinski definition) is 5. The van der Waals surface area contributed by atoms with E-state index in [-0.39, 0.29) is 17.7 Å². The highest BCUT2D eigenvalue weighted by molar-refractivity contribution is 5.70. The molecule has 188 valence electrons. The van der Waals surface area contributed by atoms with E-state index in [9.17, 15) is 10.1 Å². The van der Waals surface area contributed by atoms with Crippen LogP contribution in [-0.4, -0.2) is 22.8 Å². The molecular weight excluding hydrogens is 462 g/mol. The monoisotopic (exact) mass is 493 g/mol. The molecule has 0 radical (unpaired) electrons. The summed E-state index contributed by atoms with van der Waals surface area (Å²) in [7, 11) is 1.53. The van der Waals surface area contributed by atoms with Crippen molar-refractivity contribution < 1.29 is 9.47 Å². The van der Waals surface area contributed by atoms with Crippen LogP contribution in [0.1, 0.15) is 49.6 Å².